The van der Waals surface area contributed by atoms with Crippen molar-refractivity contribution in [3.8, 4) is 0 Å². The van der Waals surface area contributed by atoms with E-state index >= 15 is 0 Å². The van der Waals surface area contributed by atoms with Gasteiger partial charge in [0.2, 0.25) is 5.91 Å². The third-order valence-corrected chi connectivity index (χ3v) is 3.12. The second-order valence-corrected chi connectivity index (χ2v) is 4.97. The Hall–Kier alpha value is -0.690. The Labute approximate surface area is 114 Å². The maximum absolute atomic E-state index is 10.4. The zero-order valence-electron chi connectivity index (χ0n) is 11.5. The number of hydrogen-bond donors (Lipinski definition) is 3. The minimum atomic E-state index is -0.502. The molecule has 0 saturated heterocycles. The van der Waals surface area contributed by atoms with Gasteiger partial charge in [0.1, 0.15) is 6.61 Å². The van der Waals surface area contributed by atoms with Crippen molar-refractivity contribution < 1.29 is 19.4 Å². The summed E-state index contributed by atoms with van der Waals surface area (Å²) in [6, 6.07) is 0. The molecule has 1 aliphatic rings. The van der Waals surface area contributed by atoms with Crippen molar-refractivity contribution in [2.75, 3.05) is 32.9 Å². The molecule has 0 heterocycles. The van der Waals surface area contributed by atoms with Gasteiger partial charge in [-0.15, -0.1) is 0 Å². The highest BCUT2D eigenvalue weighted by Crippen LogP contribution is 2.20. The summed E-state index contributed by atoms with van der Waals surface area (Å²) in [6.07, 6.45) is 5.81. The molecule has 0 radical (unpaired) electrons. The fourth-order valence-electron chi connectivity index (χ4n) is 2.12. The highest BCUT2D eigenvalue weighted by Gasteiger charge is 2.15. The zero-order valence-corrected chi connectivity index (χ0v) is 11.5. The minimum absolute atomic E-state index is 0.0605. The monoisotopic (exact) mass is 274 g/mol. The van der Waals surface area contributed by atoms with E-state index in [0.29, 0.717) is 32.4 Å². The number of rotatable bonds is 10. The van der Waals surface area contributed by atoms with Gasteiger partial charge in [0.05, 0.1) is 25.4 Å². The fourth-order valence-corrected chi connectivity index (χ4v) is 2.12. The highest BCUT2D eigenvalue weighted by atomic mass is 16.5. The molecule has 4 N–H and O–H groups in total. The molecule has 0 aromatic rings. The van der Waals surface area contributed by atoms with E-state index in [1.165, 1.54) is 19.3 Å². The first-order valence-electron chi connectivity index (χ1n) is 7.05. The van der Waals surface area contributed by atoms with Crippen molar-refractivity contribution >= 4 is 5.91 Å². The number of aliphatic hydroxyl groups excluding tert-OH is 1. The van der Waals surface area contributed by atoms with Crippen LogP contribution >= 0.6 is 0 Å². The molecule has 112 valence electrons. The molecule has 6 nitrogen and oxygen atoms in total. The molecule has 0 aromatic heterocycles. The van der Waals surface area contributed by atoms with Crippen LogP contribution in [0.5, 0.6) is 0 Å². The van der Waals surface area contributed by atoms with E-state index in [1.807, 2.05) is 0 Å². The number of ether oxygens (including phenoxy) is 2. The van der Waals surface area contributed by atoms with Crippen molar-refractivity contribution in [3.05, 3.63) is 0 Å². The quantitative estimate of drug-likeness (QED) is 0.479. The molecule has 1 aliphatic carbocycles. The second-order valence-electron chi connectivity index (χ2n) is 4.97. The van der Waals surface area contributed by atoms with Crippen LogP contribution < -0.4 is 11.1 Å². The second kappa shape index (κ2) is 10.1. The largest absolute Gasteiger partial charge is 0.389 e. The Morgan fingerprint density at radius 2 is 2.11 bits per heavy atom. The molecule has 6 heteroatoms. The van der Waals surface area contributed by atoms with Gasteiger partial charge in [0.25, 0.3) is 0 Å². The van der Waals surface area contributed by atoms with E-state index in [4.69, 9.17) is 15.2 Å². The minimum Gasteiger partial charge on any atom is -0.389 e. The van der Waals surface area contributed by atoms with Gasteiger partial charge in [-0.2, -0.15) is 0 Å². The topological polar surface area (TPSA) is 93.8 Å². The molecule has 1 rings (SSSR count). The van der Waals surface area contributed by atoms with E-state index in [2.05, 4.69) is 5.32 Å². The van der Waals surface area contributed by atoms with E-state index in [9.17, 15) is 9.90 Å². The van der Waals surface area contributed by atoms with Gasteiger partial charge in [-0.3, -0.25) is 4.79 Å². The van der Waals surface area contributed by atoms with Crippen LogP contribution in [0.15, 0.2) is 0 Å². The van der Waals surface area contributed by atoms with Gasteiger partial charge < -0.3 is 25.6 Å². The SMILES string of the molecule is NC(=O)COCCNCC(O)COC1CCCCC1. The Balaban J connectivity index is 1.89. The summed E-state index contributed by atoms with van der Waals surface area (Å²) in [4.78, 5) is 10.4. The Morgan fingerprint density at radius 3 is 2.79 bits per heavy atom. The molecule has 1 fully saturated rings. The van der Waals surface area contributed by atoms with Gasteiger partial charge >= 0.3 is 0 Å². The lowest BCUT2D eigenvalue weighted by molar-refractivity contribution is -0.122. The average molecular weight is 274 g/mol. The molecule has 1 amide bonds. The summed E-state index contributed by atoms with van der Waals surface area (Å²) in [7, 11) is 0. The lowest BCUT2D eigenvalue weighted by Crippen LogP contribution is -2.34. The van der Waals surface area contributed by atoms with E-state index in [0.717, 1.165) is 12.8 Å². The summed E-state index contributed by atoms with van der Waals surface area (Å²) in [5, 5.41) is 12.8. The number of hydrogen-bond acceptors (Lipinski definition) is 5. The third-order valence-electron chi connectivity index (χ3n) is 3.12. The van der Waals surface area contributed by atoms with Crippen LogP contribution in [0.4, 0.5) is 0 Å². The predicted molar refractivity (Wildman–Crippen MR) is 71.7 cm³/mol. The number of primary amides is 1. The number of carbonyl (C=O) groups excluding carboxylic acids is 1. The van der Waals surface area contributed by atoms with E-state index in [-0.39, 0.29) is 6.61 Å². The first kappa shape index (κ1) is 16.4. The van der Waals surface area contributed by atoms with Gasteiger partial charge in [0, 0.05) is 13.1 Å². The van der Waals surface area contributed by atoms with Gasteiger partial charge in [-0.25, -0.2) is 0 Å². The van der Waals surface area contributed by atoms with Crippen molar-refractivity contribution in [3.63, 3.8) is 0 Å². The average Bonchev–Trinajstić information content (AvgIpc) is 2.41. The van der Waals surface area contributed by atoms with Crippen LogP contribution in [0.3, 0.4) is 0 Å². The fraction of sp³-hybridized carbons (Fsp3) is 0.923. The first-order valence-corrected chi connectivity index (χ1v) is 7.05. The van der Waals surface area contributed by atoms with Crippen LogP contribution in [-0.2, 0) is 14.3 Å². The number of carbonyl (C=O) groups is 1. The summed E-state index contributed by atoms with van der Waals surface area (Å²) in [6.45, 7) is 1.76. The number of nitrogens with two attached hydrogens (primary N) is 1. The molecule has 0 bridgehead atoms. The van der Waals surface area contributed by atoms with Gasteiger partial charge in [-0.05, 0) is 12.8 Å². The first-order chi connectivity index (χ1) is 9.18. The van der Waals surface area contributed by atoms with Crippen LogP contribution in [0.2, 0.25) is 0 Å². The maximum atomic E-state index is 10.4. The highest BCUT2D eigenvalue weighted by molar-refractivity contribution is 5.74. The van der Waals surface area contributed by atoms with Crippen LogP contribution in [-0.4, -0.2) is 56.1 Å². The van der Waals surface area contributed by atoms with Crippen molar-refractivity contribution in [1.82, 2.24) is 5.32 Å². The van der Waals surface area contributed by atoms with Crippen molar-refractivity contribution in [2.24, 2.45) is 5.73 Å². The molecule has 0 aromatic carbocycles. The van der Waals surface area contributed by atoms with Crippen molar-refractivity contribution in [1.29, 1.82) is 0 Å². The Kier molecular flexibility index (Phi) is 8.73. The molecule has 1 unspecified atom stereocenters. The van der Waals surface area contributed by atoms with E-state index < -0.39 is 12.0 Å². The molecule has 1 atom stereocenters. The Bertz CT molecular complexity index is 245. The smallest absolute Gasteiger partial charge is 0.243 e. The van der Waals surface area contributed by atoms with Crippen LogP contribution in [0.25, 0.3) is 0 Å². The van der Waals surface area contributed by atoms with Gasteiger partial charge in [0.15, 0.2) is 0 Å². The maximum Gasteiger partial charge on any atom is 0.243 e. The van der Waals surface area contributed by atoms with E-state index in [1.54, 1.807) is 0 Å². The van der Waals surface area contributed by atoms with Gasteiger partial charge in [-0.1, -0.05) is 19.3 Å². The lowest BCUT2D eigenvalue weighted by Gasteiger charge is -2.23. The summed E-state index contributed by atoms with van der Waals surface area (Å²) >= 11 is 0. The normalized spacial score (nSPS) is 18.4. The van der Waals surface area contributed by atoms with Crippen LogP contribution in [0.1, 0.15) is 32.1 Å². The molecule has 0 spiro atoms. The lowest BCUT2D eigenvalue weighted by atomic mass is 9.98. The molecule has 1 saturated carbocycles. The number of nitrogens with one attached hydrogen (secondary N) is 1. The summed E-state index contributed by atoms with van der Waals surface area (Å²) in [5.41, 5.74) is 4.92. The predicted octanol–water partition coefficient (Wildman–Crippen LogP) is -0.212. The summed E-state index contributed by atoms with van der Waals surface area (Å²) in [5.74, 6) is -0.471. The molecular weight excluding hydrogens is 248 g/mol. The van der Waals surface area contributed by atoms with Crippen molar-refractivity contribution in [2.45, 2.75) is 44.3 Å². The zero-order chi connectivity index (χ0) is 13.9. The number of amides is 1. The Morgan fingerprint density at radius 1 is 1.37 bits per heavy atom. The van der Waals surface area contributed by atoms with Crippen LogP contribution in [0, 0.1) is 0 Å². The molecule has 19 heavy (non-hydrogen) atoms. The summed E-state index contributed by atoms with van der Waals surface area (Å²) < 4.78 is 10.7. The standard InChI is InChI=1S/C13H26N2O4/c14-13(17)10-18-7-6-15-8-11(16)9-19-12-4-2-1-3-5-12/h11-12,15-16H,1-10H2,(H2,14,17). The third kappa shape index (κ3) is 8.93. The molecular formula is C13H26N2O4. The molecule has 0 aliphatic heterocycles. The number of aliphatic hydroxyl groups is 1.